The molecular formula is C16H18N4O4S. The van der Waals surface area contributed by atoms with Gasteiger partial charge in [0.2, 0.25) is 0 Å². The molecule has 0 aliphatic rings. The van der Waals surface area contributed by atoms with Crippen LogP contribution in [-0.2, 0) is 14.4 Å². The molecule has 0 unspecified atom stereocenters. The third-order valence-electron chi connectivity index (χ3n) is 3.03. The predicted molar refractivity (Wildman–Crippen MR) is 94.8 cm³/mol. The van der Waals surface area contributed by atoms with Crippen LogP contribution in [0.4, 0.5) is 0 Å². The number of methoxy groups -OCH3 is 1. The Morgan fingerprint density at radius 1 is 1.20 bits per heavy atom. The summed E-state index contributed by atoms with van der Waals surface area (Å²) >= 11 is 0. The van der Waals surface area contributed by atoms with Gasteiger partial charge >= 0.3 is 10.1 Å². The lowest BCUT2D eigenvalue weighted by atomic mass is 10.2. The zero-order valence-electron chi connectivity index (χ0n) is 13.7. The van der Waals surface area contributed by atoms with Gasteiger partial charge in [-0.15, -0.1) is 0 Å². The van der Waals surface area contributed by atoms with Crippen molar-refractivity contribution in [1.82, 2.24) is 5.43 Å². The lowest BCUT2D eigenvalue weighted by Crippen LogP contribution is -2.28. The highest BCUT2D eigenvalue weighted by molar-refractivity contribution is 7.86. The van der Waals surface area contributed by atoms with Gasteiger partial charge in [0.15, 0.2) is 0 Å². The molecule has 8 nitrogen and oxygen atoms in total. The maximum Gasteiger partial charge on any atom is 0.358 e. The van der Waals surface area contributed by atoms with E-state index in [0.29, 0.717) is 5.75 Å². The Morgan fingerprint density at radius 3 is 2.60 bits per heavy atom. The second kappa shape index (κ2) is 8.15. The van der Waals surface area contributed by atoms with Gasteiger partial charge in [0.1, 0.15) is 10.6 Å². The van der Waals surface area contributed by atoms with Crippen LogP contribution >= 0.6 is 0 Å². The number of benzene rings is 2. The molecule has 0 radical (unpaired) electrons. The number of ether oxygens (including phenoxy) is 1. The molecule has 2 aromatic rings. The van der Waals surface area contributed by atoms with Crippen molar-refractivity contribution in [2.45, 2.75) is 11.8 Å². The molecule has 0 fully saturated rings. The van der Waals surface area contributed by atoms with E-state index in [-0.39, 0.29) is 10.9 Å². The number of nitrogens with zero attached hydrogens (tertiary/aromatic N) is 2. The summed E-state index contributed by atoms with van der Waals surface area (Å²) in [4.78, 5) is -0.0190. The standard InChI is InChI=1S/C16H18N4O4S/c1-12-6-8-15(9-7-12)25(21,22)24-20-16(17)19-18-11-13-4-3-5-14(10-13)23-2/h3-11H,1-2H3,(H3,17,19,20). The van der Waals surface area contributed by atoms with Crippen LogP contribution in [0.3, 0.4) is 0 Å². The fraction of sp³-hybridized carbons (Fsp3) is 0.125. The van der Waals surface area contributed by atoms with E-state index >= 15 is 0 Å². The van der Waals surface area contributed by atoms with Gasteiger partial charge in [-0.05, 0) is 41.9 Å². The first kappa shape index (κ1) is 18.3. The van der Waals surface area contributed by atoms with Crippen molar-refractivity contribution in [3.8, 4) is 5.75 Å². The van der Waals surface area contributed by atoms with Crippen molar-refractivity contribution < 1.29 is 17.4 Å². The number of guanidine groups is 1. The van der Waals surface area contributed by atoms with Crippen LogP contribution in [0.5, 0.6) is 5.75 Å². The Kier molecular flexibility index (Phi) is 5.96. The highest BCUT2D eigenvalue weighted by Gasteiger charge is 2.15. The van der Waals surface area contributed by atoms with Gasteiger partial charge in [-0.1, -0.05) is 29.8 Å². The average molecular weight is 362 g/mol. The molecule has 132 valence electrons. The average Bonchev–Trinajstić information content (AvgIpc) is 2.61. The van der Waals surface area contributed by atoms with Gasteiger partial charge < -0.3 is 10.5 Å². The number of hydrazone groups is 1. The molecule has 0 bridgehead atoms. The van der Waals surface area contributed by atoms with Gasteiger partial charge in [0, 0.05) is 0 Å². The predicted octanol–water partition coefficient (Wildman–Crippen LogP) is 1.56. The van der Waals surface area contributed by atoms with Crippen molar-refractivity contribution in [3.63, 3.8) is 0 Å². The Balaban J connectivity index is 1.96. The Hall–Kier alpha value is -3.07. The minimum atomic E-state index is -4.03. The second-order valence-electron chi connectivity index (χ2n) is 4.96. The molecule has 0 aromatic heterocycles. The van der Waals surface area contributed by atoms with Gasteiger partial charge in [0.25, 0.3) is 5.96 Å². The van der Waals surface area contributed by atoms with E-state index in [9.17, 15) is 8.42 Å². The molecule has 0 amide bonds. The zero-order chi connectivity index (χ0) is 18.3. The van der Waals surface area contributed by atoms with Crippen LogP contribution in [0.15, 0.2) is 63.7 Å². The number of oxime groups is 1. The number of aryl methyl sites for hydroxylation is 1. The van der Waals surface area contributed by atoms with Gasteiger partial charge in [0.05, 0.1) is 13.3 Å². The number of hydrogen-bond acceptors (Lipinski definition) is 6. The maximum absolute atomic E-state index is 11.9. The molecule has 0 aliphatic heterocycles. The molecule has 0 heterocycles. The fourth-order valence-corrected chi connectivity index (χ4v) is 2.49. The smallest absolute Gasteiger partial charge is 0.358 e. The number of nitrogens with one attached hydrogen (secondary N) is 1. The molecule has 0 atom stereocenters. The summed E-state index contributed by atoms with van der Waals surface area (Å²) in [7, 11) is -2.47. The van der Waals surface area contributed by atoms with Crippen molar-refractivity contribution in [3.05, 3.63) is 59.7 Å². The quantitative estimate of drug-likeness (QED) is 0.458. The molecule has 0 spiro atoms. The lowest BCUT2D eigenvalue weighted by Gasteiger charge is -2.03. The number of hydrogen-bond donors (Lipinski definition) is 2. The molecule has 0 saturated carbocycles. The van der Waals surface area contributed by atoms with E-state index in [1.807, 2.05) is 6.92 Å². The Morgan fingerprint density at radius 2 is 1.92 bits per heavy atom. The Bertz CT molecular complexity index is 877. The van der Waals surface area contributed by atoms with E-state index in [4.69, 9.17) is 10.5 Å². The number of nitrogens with two attached hydrogens (primary N) is 1. The van der Waals surface area contributed by atoms with Crippen molar-refractivity contribution >= 4 is 22.3 Å². The van der Waals surface area contributed by atoms with Crippen LogP contribution < -0.4 is 15.9 Å². The third-order valence-corrected chi connectivity index (χ3v) is 4.15. The first-order valence-electron chi connectivity index (χ1n) is 7.17. The molecule has 9 heteroatoms. The van der Waals surface area contributed by atoms with Crippen LogP contribution in [0.1, 0.15) is 11.1 Å². The highest BCUT2D eigenvalue weighted by atomic mass is 32.2. The molecule has 3 N–H and O–H groups in total. The maximum atomic E-state index is 11.9. The monoisotopic (exact) mass is 362 g/mol. The minimum Gasteiger partial charge on any atom is -0.497 e. The SMILES string of the molecule is COc1cccc(C=NNC(N)=NOS(=O)(=O)c2ccc(C)cc2)c1. The van der Waals surface area contributed by atoms with E-state index < -0.39 is 10.1 Å². The molecular weight excluding hydrogens is 344 g/mol. The molecule has 0 saturated heterocycles. The minimum absolute atomic E-state index is 0.0190. The summed E-state index contributed by atoms with van der Waals surface area (Å²) in [6.45, 7) is 1.84. The van der Waals surface area contributed by atoms with E-state index in [1.54, 1.807) is 43.5 Å². The highest BCUT2D eigenvalue weighted by Crippen LogP contribution is 2.13. The Labute approximate surface area is 146 Å². The fourth-order valence-electron chi connectivity index (χ4n) is 1.75. The van der Waals surface area contributed by atoms with Crippen LogP contribution in [0.25, 0.3) is 0 Å². The summed E-state index contributed by atoms with van der Waals surface area (Å²) in [5.41, 5.74) is 9.57. The largest absolute Gasteiger partial charge is 0.497 e. The summed E-state index contributed by atoms with van der Waals surface area (Å²) in [6, 6.07) is 13.3. The van der Waals surface area contributed by atoms with Crippen molar-refractivity contribution in [2.24, 2.45) is 16.0 Å². The molecule has 2 aromatic carbocycles. The first-order valence-corrected chi connectivity index (χ1v) is 8.58. The van der Waals surface area contributed by atoms with E-state index in [2.05, 4.69) is 20.0 Å². The first-order chi connectivity index (χ1) is 11.9. The molecule has 25 heavy (non-hydrogen) atoms. The van der Waals surface area contributed by atoms with Gasteiger partial charge in [-0.2, -0.15) is 13.5 Å². The number of rotatable bonds is 6. The van der Waals surface area contributed by atoms with Crippen LogP contribution in [0, 0.1) is 6.92 Å². The van der Waals surface area contributed by atoms with E-state index in [1.165, 1.54) is 18.3 Å². The summed E-state index contributed by atoms with van der Waals surface area (Å²) < 4.78 is 33.5. The summed E-state index contributed by atoms with van der Waals surface area (Å²) in [5.74, 6) is 0.368. The van der Waals surface area contributed by atoms with Gasteiger partial charge in [-0.25, -0.2) is 5.43 Å². The molecule has 0 aliphatic carbocycles. The summed E-state index contributed by atoms with van der Waals surface area (Å²) in [6.07, 6.45) is 1.47. The zero-order valence-corrected chi connectivity index (χ0v) is 14.5. The second-order valence-corrected chi connectivity index (χ2v) is 6.49. The topological polar surface area (TPSA) is 115 Å². The van der Waals surface area contributed by atoms with Crippen molar-refractivity contribution in [1.29, 1.82) is 0 Å². The van der Waals surface area contributed by atoms with Gasteiger partial charge in [-0.3, -0.25) is 4.28 Å². The van der Waals surface area contributed by atoms with Crippen LogP contribution in [-0.4, -0.2) is 27.7 Å². The van der Waals surface area contributed by atoms with Crippen LogP contribution in [0.2, 0.25) is 0 Å². The van der Waals surface area contributed by atoms with E-state index in [0.717, 1.165) is 11.1 Å². The van der Waals surface area contributed by atoms with Crippen molar-refractivity contribution in [2.75, 3.05) is 7.11 Å². The molecule has 2 rings (SSSR count). The summed E-state index contributed by atoms with van der Waals surface area (Å²) in [5, 5.41) is 7.16. The lowest BCUT2D eigenvalue weighted by molar-refractivity contribution is 0.336. The normalized spacial score (nSPS) is 12.2. The third kappa shape index (κ3) is 5.50.